The van der Waals surface area contributed by atoms with Crippen molar-refractivity contribution in [3.05, 3.63) is 34.1 Å². The second-order valence-corrected chi connectivity index (χ2v) is 10.0. The number of alkyl halides is 3. The Labute approximate surface area is 194 Å². The molecule has 2 amide bonds. The van der Waals surface area contributed by atoms with Gasteiger partial charge in [-0.05, 0) is 68.1 Å². The number of hydrogen-bond acceptors (Lipinski definition) is 3. The number of fused-ring (bicyclic) bond motifs is 1. The molecule has 1 saturated heterocycles. The topological polar surface area (TPSA) is 57.9 Å². The maximum atomic E-state index is 13.7. The number of piperazine rings is 1. The molecule has 0 unspecified atom stereocenters. The molecule has 0 N–H and O–H groups in total. The third-order valence-corrected chi connectivity index (χ3v) is 7.58. The van der Waals surface area contributed by atoms with Crippen LogP contribution in [0.15, 0.2) is 12.1 Å². The average molecular weight is 483 g/mol. The van der Waals surface area contributed by atoms with Gasteiger partial charge >= 0.3 is 6.18 Å². The lowest BCUT2D eigenvalue weighted by Crippen LogP contribution is -2.56. The molecule has 0 atom stereocenters. The molecule has 2 aromatic heterocycles. The molecule has 2 saturated carbocycles. The predicted octanol–water partition coefficient (Wildman–Crippen LogP) is 4.75. The second kappa shape index (κ2) is 8.18. The number of amides is 2. The Morgan fingerprint density at radius 1 is 1.09 bits per heavy atom. The number of rotatable bonds is 3. The molecule has 0 bridgehead atoms. The van der Waals surface area contributed by atoms with E-state index in [1.165, 1.54) is 4.90 Å². The molecule has 0 radical (unpaired) electrons. The molecule has 0 aromatic carbocycles. The quantitative estimate of drug-likeness (QED) is 0.634. The number of hydrogen-bond donors (Lipinski definition) is 0. The zero-order valence-corrected chi connectivity index (χ0v) is 19.1. The Morgan fingerprint density at radius 3 is 2.39 bits per heavy atom. The van der Waals surface area contributed by atoms with Gasteiger partial charge in [0, 0.05) is 19.1 Å². The molecule has 3 aliphatic rings. The van der Waals surface area contributed by atoms with E-state index in [-0.39, 0.29) is 40.6 Å². The fraction of sp³-hybridized carbons (Fsp3) is 0.609. The Morgan fingerprint density at radius 2 is 1.79 bits per heavy atom. The fourth-order valence-electron chi connectivity index (χ4n) is 5.08. The molecule has 33 heavy (non-hydrogen) atoms. The predicted molar refractivity (Wildman–Crippen MR) is 116 cm³/mol. The zero-order chi connectivity index (χ0) is 23.5. The molecule has 3 fully saturated rings. The smallest absolute Gasteiger partial charge is 0.336 e. The number of carbonyl (C=O) groups is 2. The summed E-state index contributed by atoms with van der Waals surface area (Å²) >= 11 is 6.40. The lowest BCUT2D eigenvalue weighted by molar-refractivity contribution is -0.142. The van der Waals surface area contributed by atoms with Crippen molar-refractivity contribution in [1.82, 2.24) is 19.4 Å². The number of nitrogens with zero attached hydrogens (tertiary/aromatic N) is 4. The molecule has 178 valence electrons. The summed E-state index contributed by atoms with van der Waals surface area (Å²) in [6.07, 6.45) is 1.11. The standard InChI is InChI=1S/C23H26ClF3N4O2/c1-13-2-6-16(7-3-13)30-9-8-29(12-19(30)32)22(33)21-20(24)17-10-15(14-4-5-14)11-18(23(25,26)27)31(17)28-21/h10-11,13-14,16H,2-9,12H2,1H3. The van der Waals surface area contributed by atoms with Crippen LogP contribution < -0.4 is 0 Å². The summed E-state index contributed by atoms with van der Waals surface area (Å²) in [5, 5.41) is 3.86. The number of aromatic nitrogens is 2. The van der Waals surface area contributed by atoms with Gasteiger partial charge in [-0.1, -0.05) is 18.5 Å². The Balaban J connectivity index is 1.40. The first kappa shape index (κ1) is 22.5. The maximum Gasteiger partial charge on any atom is 0.433 e. The van der Waals surface area contributed by atoms with Crippen molar-refractivity contribution < 1.29 is 22.8 Å². The van der Waals surface area contributed by atoms with Gasteiger partial charge in [-0.3, -0.25) is 9.59 Å². The van der Waals surface area contributed by atoms with Gasteiger partial charge in [-0.15, -0.1) is 0 Å². The van der Waals surface area contributed by atoms with E-state index in [1.54, 1.807) is 6.07 Å². The van der Waals surface area contributed by atoms with Crippen molar-refractivity contribution >= 4 is 28.9 Å². The molecular weight excluding hydrogens is 457 g/mol. The summed E-state index contributed by atoms with van der Waals surface area (Å²) < 4.78 is 41.9. The normalized spacial score (nSPS) is 24.6. The van der Waals surface area contributed by atoms with Gasteiger partial charge in [0.1, 0.15) is 12.2 Å². The third-order valence-electron chi connectivity index (χ3n) is 7.21. The van der Waals surface area contributed by atoms with Gasteiger partial charge in [0.2, 0.25) is 5.91 Å². The average Bonchev–Trinajstić information content (AvgIpc) is 3.57. The number of halogens is 4. The zero-order valence-electron chi connectivity index (χ0n) is 18.4. The minimum Gasteiger partial charge on any atom is -0.336 e. The van der Waals surface area contributed by atoms with Crippen molar-refractivity contribution in [2.75, 3.05) is 19.6 Å². The highest BCUT2D eigenvalue weighted by molar-refractivity contribution is 6.36. The van der Waals surface area contributed by atoms with Crippen LogP contribution in [0.5, 0.6) is 0 Å². The van der Waals surface area contributed by atoms with E-state index in [4.69, 9.17) is 11.6 Å². The van der Waals surface area contributed by atoms with Crippen LogP contribution >= 0.6 is 11.6 Å². The first-order valence-electron chi connectivity index (χ1n) is 11.5. The Hall–Kier alpha value is -2.29. The highest BCUT2D eigenvalue weighted by atomic mass is 35.5. The molecule has 0 spiro atoms. The van der Waals surface area contributed by atoms with Crippen molar-refractivity contribution in [1.29, 1.82) is 0 Å². The lowest BCUT2D eigenvalue weighted by atomic mass is 9.86. The van der Waals surface area contributed by atoms with E-state index >= 15 is 0 Å². The molecule has 5 rings (SSSR count). The summed E-state index contributed by atoms with van der Waals surface area (Å²) in [5.74, 6) is -0.00998. The summed E-state index contributed by atoms with van der Waals surface area (Å²) in [7, 11) is 0. The van der Waals surface area contributed by atoms with Crippen molar-refractivity contribution in [3.63, 3.8) is 0 Å². The van der Waals surface area contributed by atoms with Gasteiger partial charge < -0.3 is 9.80 Å². The fourth-order valence-corrected chi connectivity index (χ4v) is 5.33. The van der Waals surface area contributed by atoms with Crippen LogP contribution in [0.25, 0.3) is 5.52 Å². The Bertz CT molecular complexity index is 1100. The summed E-state index contributed by atoms with van der Waals surface area (Å²) in [5.41, 5.74) is -0.572. The Kier molecular flexibility index (Phi) is 5.58. The van der Waals surface area contributed by atoms with Gasteiger partial charge in [0.05, 0.1) is 10.5 Å². The van der Waals surface area contributed by atoms with E-state index in [0.717, 1.165) is 44.6 Å². The minimum absolute atomic E-state index is 0.0676. The monoisotopic (exact) mass is 482 g/mol. The van der Waals surface area contributed by atoms with Crippen LogP contribution in [-0.2, 0) is 11.0 Å². The molecule has 2 aromatic rings. The molecule has 2 aliphatic carbocycles. The van der Waals surface area contributed by atoms with Gasteiger partial charge in [-0.2, -0.15) is 18.3 Å². The summed E-state index contributed by atoms with van der Waals surface area (Å²) in [6, 6.07) is 2.88. The SMILES string of the molecule is CC1CCC(N2CCN(C(=O)c3nn4c(C(F)(F)F)cc(C5CC5)cc4c3Cl)CC2=O)CC1. The van der Waals surface area contributed by atoms with Crippen molar-refractivity contribution in [3.8, 4) is 0 Å². The summed E-state index contributed by atoms with van der Waals surface area (Å²) in [6.45, 7) is 2.81. The number of pyridine rings is 1. The molecule has 1 aliphatic heterocycles. The summed E-state index contributed by atoms with van der Waals surface area (Å²) in [4.78, 5) is 29.2. The van der Waals surface area contributed by atoms with Gasteiger partial charge in [-0.25, -0.2) is 4.52 Å². The van der Waals surface area contributed by atoms with Crippen LogP contribution in [-0.4, -0.2) is 56.9 Å². The van der Waals surface area contributed by atoms with Crippen LogP contribution in [0.2, 0.25) is 5.02 Å². The van der Waals surface area contributed by atoms with Crippen LogP contribution in [0.4, 0.5) is 13.2 Å². The molecular formula is C23H26ClF3N4O2. The van der Waals surface area contributed by atoms with Crippen molar-refractivity contribution in [2.45, 2.75) is 63.6 Å². The van der Waals surface area contributed by atoms with Crippen LogP contribution in [0, 0.1) is 5.92 Å². The van der Waals surface area contributed by atoms with E-state index < -0.39 is 17.8 Å². The number of carbonyl (C=O) groups excluding carboxylic acids is 2. The third kappa shape index (κ3) is 4.20. The van der Waals surface area contributed by atoms with E-state index in [9.17, 15) is 22.8 Å². The molecule has 3 heterocycles. The van der Waals surface area contributed by atoms with Gasteiger partial charge in [0.25, 0.3) is 5.91 Å². The van der Waals surface area contributed by atoms with E-state index in [2.05, 4.69) is 12.0 Å². The minimum atomic E-state index is -4.64. The highest BCUT2D eigenvalue weighted by Crippen LogP contribution is 2.43. The molecule has 10 heteroatoms. The highest BCUT2D eigenvalue weighted by Gasteiger charge is 2.39. The van der Waals surface area contributed by atoms with E-state index in [1.807, 2.05) is 4.90 Å². The first-order valence-corrected chi connectivity index (χ1v) is 11.9. The van der Waals surface area contributed by atoms with Gasteiger partial charge in [0.15, 0.2) is 5.69 Å². The lowest BCUT2D eigenvalue weighted by Gasteiger charge is -2.41. The maximum absolute atomic E-state index is 13.7. The van der Waals surface area contributed by atoms with E-state index in [0.29, 0.717) is 29.1 Å². The first-order chi connectivity index (χ1) is 15.6. The van der Waals surface area contributed by atoms with Crippen LogP contribution in [0.1, 0.15) is 73.1 Å². The van der Waals surface area contributed by atoms with Crippen LogP contribution in [0.3, 0.4) is 0 Å². The largest absolute Gasteiger partial charge is 0.433 e. The second-order valence-electron chi connectivity index (χ2n) is 9.63. The van der Waals surface area contributed by atoms with Crippen molar-refractivity contribution in [2.24, 2.45) is 5.92 Å². The molecule has 6 nitrogen and oxygen atoms in total.